The van der Waals surface area contributed by atoms with E-state index in [9.17, 15) is 30.0 Å². The SMILES string of the molecule is C#Cc1c(F)ccc2cc(O)cc(-c3ncc4c(N5CC6CCC(C5)N6)nc(OC[C@@H]5CCCN5CCC[C@H]5CCC(O)N5[C@H](C(=O)N5C[C@H](O)C[C@H]5C(=O)N[C@@H](CO)c5ccc(-c6scnc6C)cc5)C(C)(C)C)nc4c3F)c12. The Kier molecular flexibility index (Phi) is 15.8. The number of ether oxygens (including phenoxy) is 1. The molecule has 9 atom stereocenters. The number of aliphatic hydroxyl groups is 3. The Morgan fingerprint density at radius 1 is 0.988 bits per heavy atom. The highest BCUT2D eigenvalue weighted by atomic mass is 32.1. The number of piperazine rings is 1. The van der Waals surface area contributed by atoms with Gasteiger partial charge in [0.25, 0.3) is 0 Å². The van der Waals surface area contributed by atoms with E-state index < -0.39 is 53.4 Å². The van der Waals surface area contributed by atoms with Gasteiger partial charge in [-0.15, -0.1) is 17.8 Å². The van der Waals surface area contributed by atoms with Crippen LogP contribution in [0.15, 0.2) is 60.2 Å². The first-order valence-corrected chi connectivity index (χ1v) is 28.9. The molecule has 3 aromatic carbocycles. The van der Waals surface area contributed by atoms with Crippen molar-refractivity contribution < 1.29 is 43.5 Å². The number of nitrogens with zero attached hydrogens (tertiary/aromatic N) is 8. The number of terminal acetylenes is 1. The number of aryl methyl sites for hydroxylation is 1. The molecule has 0 aliphatic carbocycles. The molecule has 5 aliphatic heterocycles. The third kappa shape index (κ3) is 10.9. The number of aromatic nitrogens is 4. The van der Waals surface area contributed by atoms with Crippen molar-refractivity contribution in [2.24, 2.45) is 5.41 Å². The van der Waals surface area contributed by atoms with Crippen LogP contribution in [0.2, 0.25) is 0 Å². The normalized spacial score (nSPS) is 24.2. The lowest BCUT2D eigenvalue weighted by Gasteiger charge is -2.44. The number of likely N-dealkylation sites (tertiary alicyclic amines) is 3. The summed E-state index contributed by atoms with van der Waals surface area (Å²) in [5, 5.41) is 51.6. The number of hydrogen-bond donors (Lipinski definition) is 6. The summed E-state index contributed by atoms with van der Waals surface area (Å²) in [7, 11) is 0. The fourth-order valence-corrected chi connectivity index (χ4v) is 14.0. The van der Waals surface area contributed by atoms with Crippen LogP contribution in [0, 0.1) is 36.3 Å². The van der Waals surface area contributed by atoms with Gasteiger partial charge in [0.15, 0.2) is 5.82 Å². The molecule has 422 valence electrons. The van der Waals surface area contributed by atoms with Crippen molar-refractivity contribution in [2.45, 2.75) is 140 Å². The minimum absolute atomic E-state index is 0.00181. The van der Waals surface area contributed by atoms with E-state index in [1.165, 1.54) is 46.7 Å². The van der Waals surface area contributed by atoms with E-state index >= 15 is 8.78 Å². The molecule has 3 aromatic heterocycles. The van der Waals surface area contributed by atoms with Crippen LogP contribution in [0.3, 0.4) is 0 Å². The number of carbonyl (C=O) groups excluding carboxylic acids is 2. The van der Waals surface area contributed by atoms with Crippen molar-refractivity contribution in [3.63, 3.8) is 0 Å². The third-order valence-corrected chi connectivity index (χ3v) is 18.0. The van der Waals surface area contributed by atoms with Gasteiger partial charge in [0, 0.05) is 67.4 Å². The fraction of sp³-hybridized carbons (Fsp3) is 0.500. The summed E-state index contributed by atoms with van der Waals surface area (Å²) in [6, 6.07) is 10.9. The summed E-state index contributed by atoms with van der Waals surface area (Å²) >= 11 is 1.54. The first-order valence-electron chi connectivity index (χ1n) is 28.0. The van der Waals surface area contributed by atoms with Gasteiger partial charge in [-0.05, 0) is 112 Å². The number of anilines is 1. The average molecular weight is 1110 g/mol. The molecule has 6 N–H and O–H groups in total. The Hall–Kier alpha value is -6.44. The number of thiazole rings is 1. The lowest BCUT2D eigenvalue weighted by atomic mass is 9.83. The largest absolute Gasteiger partial charge is 0.508 e. The molecule has 0 saturated carbocycles. The number of β-amino-alcohol motifs (C(OH)–C–C–N with tert-alkyl or cyclic N) is 1. The van der Waals surface area contributed by atoms with Crippen LogP contribution in [0.5, 0.6) is 11.8 Å². The average Bonchev–Trinajstić information content (AvgIpc) is 4.15. The number of rotatable bonds is 16. The zero-order valence-electron chi connectivity index (χ0n) is 45.6. The second-order valence-electron chi connectivity index (χ2n) is 23.5. The van der Waals surface area contributed by atoms with Gasteiger partial charge in [0.05, 0.1) is 51.8 Å². The molecule has 2 bridgehead atoms. The maximum absolute atomic E-state index is 17.3. The molecule has 20 heteroatoms. The van der Waals surface area contributed by atoms with E-state index in [1.807, 2.05) is 56.9 Å². The maximum atomic E-state index is 17.3. The van der Waals surface area contributed by atoms with Crippen LogP contribution in [-0.4, -0.2) is 161 Å². The number of aliphatic hydroxyl groups excluding tert-OH is 3. The summed E-state index contributed by atoms with van der Waals surface area (Å²) in [5.74, 6) is 0.496. The smallest absolute Gasteiger partial charge is 0.319 e. The van der Waals surface area contributed by atoms with Gasteiger partial charge in [0.2, 0.25) is 11.8 Å². The molecule has 11 rings (SSSR count). The Bertz CT molecular complexity index is 3320. The van der Waals surface area contributed by atoms with Gasteiger partial charge in [-0.25, -0.2) is 13.8 Å². The number of halogens is 2. The molecular formula is C60H70F2N10O7S. The Morgan fingerprint density at radius 3 is 2.48 bits per heavy atom. The number of amides is 2. The number of nitrogens with one attached hydrogen (secondary N) is 2. The number of pyridine rings is 1. The van der Waals surface area contributed by atoms with Crippen molar-refractivity contribution in [1.82, 2.24) is 45.3 Å². The molecule has 0 spiro atoms. The second kappa shape index (κ2) is 22.8. The van der Waals surface area contributed by atoms with Crippen LogP contribution in [0.4, 0.5) is 14.6 Å². The first kappa shape index (κ1) is 55.5. The van der Waals surface area contributed by atoms with E-state index in [2.05, 4.69) is 36.3 Å². The second-order valence-corrected chi connectivity index (χ2v) is 24.3. The van der Waals surface area contributed by atoms with E-state index in [1.54, 1.807) is 5.51 Å². The molecule has 5 fully saturated rings. The molecule has 5 saturated heterocycles. The van der Waals surface area contributed by atoms with E-state index in [-0.39, 0.29) is 95.7 Å². The van der Waals surface area contributed by atoms with E-state index in [0.717, 1.165) is 61.3 Å². The van der Waals surface area contributed by atoms with Crippen LogP contribution >= 0.6 is 11.3 Å². The number of phenols is 1. The maximum Gasteiger partial charge on any atom is 0.319 e. The number of hydrogen-bond acceptors (Lipinski definition) is 16. The molecule has 3 unspecified atom stereocenters. The highest BCUT2D eigenvalue weighted by Gasteiger charge is 2.50. The number of benzene rings is 3. The Morgan fingerprint density at radius 2 is 1.76 bits per heavy atom. The van der Waals surface area contributed by atoms with Crippen LogP contribution < -0.4 is 20.3 Å². The van der Waals surface area contributed by atoms with Gasteiger partial charge in [-0.1, -0.05) is 57.0 Å². The molecule has 80 heavy (non-hydrogen) atoms. The molecule has 2 amide bonds. The first-order chi connectivity index (χ1) is 38.5. The predicted octanol–water partition coefficient (Wildman–Crippen LogP) is 6.82. The molecule has 8 heterocycles. The van der Waals surface area contributed by atoms with Crippen molar-refractivity contribution in [3.05, 3.63) is 88.7 Å². The highest BCUT2D eigenvalue weighted by Crippen LogP contribution is 2.41. The summed E-state index contributed by atoms with van der Waals surface area (Å²) in [6.07, 6.45) is 11.9. The predicted molar refractivity (Wildman–Crippen MR) is 302 cm³/mol. The Labute approximate surface area is 468 Å². The topological polar surface area (TPSA) is 213 Å². The summed E-state index contributed by atoms with van der Waals surface area (Å²) in [4.78, 5) is 56.6. The van der Waals surface area contributed by atoms with Crippen molar-refractivity contribution in [2.75, 3.05) is 50.8 Å². The summed E-state index contributed by atoms with van der Waals surface area (Å²) < 4.78 is 38.9. The number of fused-ring (bicyclic) bond motifs is 4. The molecule has 0 radical (unpaired) electrons. The van der Waals surface area contributed by atoms with Gasteiger partial charge in [-0.2, -0.15) is 9.97 Å². The lowest BCUT2D eigenvalue weighted by molar-refractivity contribution is -0.152. The minimum atomic E-state index is -0.986. The summed E-state index contributed by atoms with van der Waals surface area (Å²) in [5.41, 5.74) is 3.60. The van der Waals surface area contributed by atoms with Crippen LogP contribution in [0.1, 0.15) is 101 Å². The molecule has 6 aromatic rings. The Balaban J connectivity index is 0.778. The van der Waals surface area contributed by atoms with Gasteiger partial charge >= 0.3 is 6.01 Å². The standard InChI is InChI=1S/C60H70F2N10O7S/c1-6-43-46(61)19-15-36-23-41(74)24-44(50(36)43)52-51(62)53-45(26-63-52)56(70-27-37-16-17-38(28-70)65-37)68-59(67-53)79-31-40-10-8-22-69(40)21-7-9-39-18-20-49(76)72(39)55(60(3,4)5)58(78)71-29-42(75)25-48(71)57(77)66-47(30-73)34-11-13-35(14-12-34)54-33(2)64-32-80-54/h1,11-15,19,23-24,26,32,37-40,42,47-49,55,65,73-76H,7-10,16-18,20-22,25,27-31H2,2-5H3,(H,66,77)/t37?,38?,39-,40-,42+,47-,48-,49?,55+/m0/s1. The van der Waals surface area contributed by atoms with Crippen molar-refractivity contribution >= 4 is 50.6 Å². The van der Waals surface area contributed by atoms with Crippen molar-refractivity contribution in [3.8, 4) is 45.8 Å². The van der Waals surface area contributed by atoms with Gasteiger partial charge < -0.3 is 45.6 Å². The van der Waals surface area contributed by atoms with E-state index in [0.29, 0.717) is 54.5 Å². The lowest BCUT2D eigenvalue weighted by Crippen LogP contribution is -2.60. The molecule has 17 nitrogen and oxygen atoms in total. The monoisotopic (exact) mass is 1110 g/mol. The number of carbonyl (C=O) groups is 2. The quantitative estimate of drug-likeness (QED) is 0.0550. The third-order valence-electron chi connectivity index (χ3n) is 17.1. The zero-order valence-corrected chi connectivity index (χ0v) is 46.4. The number of aromatic hydroxyl groups is 1. The molecule has 5 aliphatic rings. The summed E-state index contributed by atoms with van der Waals surface area (Å²) in [6.45, 7) is 10.5. The fourth-order valence-electron chi connectivity index (χ4n) is 13.2. The highest BCUT2D eigenvalue weighted by molar-refractivity contribution is 7.13. The van der Waals surface area contributed by atoms with Crippen molar-refractivity contribution in [1.29, 1.82) is 0 Å². The zero-order chi connectivity index (χ0) is 56.1. The molecular weight excluding hydrogens is 1040 g/mol. The van der Waals surface area contributed by atoms with E-state index in [4.69, 9.17) is 21.1 Å². The van der Waals surface area contributed by atoms with Crippen LogP contribution in [0.25, 0.3) is 43.4 Å². The number of phenolic OH excluding ortho intramolecular Hbond substituents is 1. The van der Waals surface area contributed by atoms with Gasteiger partial charge in [0.1, 0.15) is 47.5 Å². The minimum Gasteiger partial charge on any atom is -0.508 e. The van der Waals surface area contributed by atoms with Gasteiger partial charge in [-0.3, -0.25) is 24.4 Å². The van der Waals surface area contributed by atoms with Crippen LogP contribution in [-0.2, 0) is 9.59 Å².